The van der Waals surface area contributed by atoms with Crippen molar-refractivity contribution >= 4 is 31.1 Å². The van der Waals surface area contributed by atoms with Crippen molar-refractivity contribution in [2.24, 2.45) is 23.7 Å². The van der Waals surface area contributed by atoms with Gasteiger partial charge in [-0.3, -0.25) is 4.79 Å². The Balaban J connectivity index is 1.73. The molecule has 0 spiro atoms. The van der Waals surface area contributed by atoms with Crippen LogP contribution in [-0.2, 0) is 24.2 Å². The van der Waals surface area contributed by atoms with Crippen LogP contribution in [0.1, 0.15) is 90.4 Å². The van der Waals surface area contributed by atoms with Gasteiger partial charge < -0.3 is 14.6 Å². The molecule has 3 fully saturated rings. The van der Waals surface area contributed by atoms with E-state index in [4.69, 9.17) is 4.74 Å². The summed E-state index contributed by atoms with van der Waals surface area (Å²) in [5.74, 6) is -0.197. The number of rotatable bonds is 10. The average Bonchev–Trinajstić information content (AvgIpc) is 2.99. The fourth-order valence-corrected chi connectivity index (χ4v) is 9.01. The molecule has 0 saturated heterocycles. The van der Waals surface area contributed by atoms with Crippen molar-refractivity contribution in [2.45, 2.75) is 113 Å². The number of carbonyl (C=O) groups excluding carboxylic acids is 2. The summed E-state index contributed by atoms with van der Waals surface area (Å²) >= 11 is 0. The summed E-state index contributed by atoms with van der Waals surface area (Å²) in [7, 11) is -0.263. The van der Waals surface area contributed by atoms with Crippen molar-refractivity contribution in [3.8, 4) is 0 Å². The minimum Gasteiger partial charge on any atom is -0.392 e. The van der Waals surface area contributed by atoms with Gasteiger partial charge in [0.1, 0.15) is 21.9 Å². The number of aliphatic hydroxyl groups excluding tert-OH is 1. The number of hydrogen-bond donors (Lipinski definition) is 1. The molecule has 0 aliphatic heterocycles. The first-order chi connectivity index (χ1) is 16.1. The van der Waals surface area contributed by atoms with E-state index in [2.05, 4.69) is 9.24 Å². The first kappa shape index (κ1) is 28.2. The molecule has 1 N–H and O–H groups in total. The van der Waals surface area contributed by atoms with Crippen molar-refractivity contribution in [1.29, 1.82) is 0 Å². The number of fused-ring (bicyclic) bond motifs is 1. The third-order valence-corrected chi connectivity index (χ3v) is 11.0. The Kier molecular flexibility index (Phi) is 10.2. The van der Waals surface area contributed by atoms with E-state index in [1.807, 2.05) is 6.92 Å². The molecule has 0 aromatic heterocycles. The Bertz CT molecular complexity index is 801. The van der Waals surface area contributed by atoms with E-state index in [-0.39, 0.29) is 28.2 Å². The lowest BCUT2D eigenvalue weighted by Crippen LogP contribution is -2.51. The van der Waals surface area contributed by atoms with Crippen LogP contribution < -0.4 is 0 Å². The van der Waals surface area contributed by atoms with Gasteiger partial charge in [-0.1, -0.05) is 39.0 Å². The van der Waals surface area contributed by atoms with Crippen LogP contribution in [0.2, 0.25) is 0 Å². The zero-order valence-electron chi connectivity index (χ0n) is 21.0. The SMILES string of the molecule is CCCC(CC(P)COC12CCCCCC1C(C1CC(=O)C(C=O)C(O)C1)CCC2)S(C)(=O)=O. The fraction of sp³-hybridized carbons (Fsp3) is 0.923. The lowest BCUT2D eigenvalue weighted by molar-refractivity contribution is -0.152. The van der Waals surface area contributed by atoms with Gasteiger partial charge in [-0.2, -0.15) is 0 Å². The third kappa shape index (κ3) is 6.69. The molecule has 6 nitrogen and oxygen atoms in total. The molecule has 0 heterocycles. The highest BCUT2D eigenvalue weighted by atomic mass is 32.2. The lowest BCUT2D eigenvalue weighted by atomic mass is 9.59. The van der Waals surface area contributed by atoms with E-state index in [9.17, 15) is 23.1 Å². The quantitative estimate of drug-likeness (QED) is 0.266. The molecular formula is C26H45O6PS. The van der Waals surface area contributed by atoms with E-state index in [1.165, 1.54) is 12.7 Å². The molecule has 3 saturated carbocycles. The zero-order valence-corrected chi connectivity index (χ0v) is 23.0. The highest BCUT2D eigenvalue weighted by Gasteiger charge is 2.51. The number of aldehydes is 1. The van der Waals surface area contributed by atoms with E-state index < -0.39 is 21.9 Å². The molecule has 34 heavy (non-hydrogen) atoms. The maximum absolute atomic E-state index is 12.6. The van der Waals surface area contributed by atoms with Crippen molar-refractivity contribution in [3.63, 3.8) is 0 Å². The van der Waals surface area contributed by atoms with E-state index >= 15 is 0 Å². The number of carbonyl (C=O) groups is 2. The van der Waals surface area contributed by atoms with Crippen LogP contribution in [-0.4, -0.2) is 61.1 Å². The minimum atomic E-state index is -3.09. The van der Waals surface area contributed by atoms with Crippen molar-refractivity contribution in [2.75, 3.05) is 12.9 Å². The molecule has 0 radical (unpaired) electrons. The number of Topliss-reactive ketones (excluding diaryl/α,β-unsaturated/α-hetero) is 1. The lowest BCUT2D eigenvalue weighted by Gasteiger charge is -2.51. The second-order valence-corrected chi connectivity index (χ2v) is 14.5. The van der Waals surface area contributed by atoms with E-state index in [1.54, 1.807) is 0 Å². The molecular weight excluding hydrogens is 471 g/mol. The summed E-state index contributed by atoms with van der Waals surface area (Å²) in [5, 5.41) is 10.2. The molecule has 196 valence electrons. The summed E-state index contributed by atoms with van der Waals surface area (Å²) in [6.07, 6.45) is 12.8. The molecule has 8 heteroatoms. The van der Waals surface area contributed by atoms with Crippen LogP contribution >= 0.6 is 9.24 Å². The predicted octanol–water partition coefficient (Wildman–Crippen LogP) is 4.12. The molecule has 3 aliphatic rings. The van der Waals surface area contributed by atoms with Gasteiger partial charge in [0.2, 0.25) is 0 Å². The largest absolute Gasteiger partial charge is 0.392 e. The topological polar surface area (TPSA) is 97.7 Å². The Morgan fingerprint density at radius 3 is 2.59 bits per heavy atom. The first-order valence-corrected chi connectivity index (χ1v) is 16.0. The number of aliphatic hydroxyl groups is 1. The second-order valence-electron chi connectivity index (χ2n) is 11.3. The molecule has 9 unspecified atom stereocenters. The van der Waals surface area contributed by atoms with Crippen LogP contribution in [0.5, 0.6) is 0 Å². The van der Waals surface area contributed by atoms with Gasteiger partial charge in [-0.05, 0) is 68.4 Å². The Labute approximate surface area is 208 Å². The van der Waals surface area contributed by atoms with Gasteiger partial charge in [0, 0.05) is 12.7 Å². The zero-order chi connectivity index (χ0) is 24.9. The summed E-state index contributed by atoms with van der Waals surface area (Å²) < 4.78 is 31.3. The number of ether oxygens (including phenoxy) is 1. The van der Waals surface area contributed by atoms with Crippen LogP contribution in [0, 0.1) is 23.7 Å². The smallest absolute Gasteiger partial charge is 0.150 e. The highest BCUT2D eigenvalue weighted by Crippen LogP contribution is 2.52. The molecule has 0 bridgehead atoms. The van der Waals surface area contributed by atoms with E-state index in [0.29, 0.717) is 50.4 Å². The molecule has 3 aliphatic carbocycles. The number of sulfone groups is 1. The van der Waals surface area contributed by atoms with Crippen molar-refractivity contribution < 1.29 is 27.9 Å². The molecule has 0 amide bonds. The second kappa shape index (κ2) is 12.3. The Morgan fingerprint density at radius 2 is 1.94 bits per heavy atom. The summed E-state index contributed by atoms with van der Waals surface area (Å²) in [4.78, 5) is 23.9. The normalized spacial score (nSPS) is 36.8. The summed E-state index contributed by atoms with van der Waals surface area (Å²) in [6.45, 7) is 2.55. The molecule has 3 rings (SSSR count). The van der Waals surface area contributed by atoms with Gasteiger partial charge in [-0.25, -0.2) is 8.42 Å². The van der Waals surface area contributed by atoms with E-state index in [0.717, 1.165) is 51.4 Å². The fourth-order valence-electron chi connectivity index (χ4n) is 7.13. The maximum atomic E-state index is 12.6. The Hall–Kier alpha value is -0.360. The third-order valence-electron chi connectivity index (χ3n) is 8.86. The minimum absolute atomic E-state index is 0.0800. The number of ketones is 1. The van der Waals surface area contributed by atoms with Crippen LogP contribution in [0.25, 0.3) is 0 Å². The first-order valence-electron chi connectivity index (χ1n) is 13.4. The highest BCUT2D eigenvalue weighted by molar-refractivity contribution is 7.91. The van der Waals surface area contributed by atoms with Crippen LogP contribution in [0.15, 0.2) is 0 Å². The summed E-state index contributed by atoms with van der Waals surface area (Å²) in [5.41, 5.74) is -0.147. The molecule has 0 aromatic rings. The van der Waals surface area contributed by atoms with Gasteiger partial charge in [-0.15, -0.1) is 9.24 Å². The van der Waals surface area contributed by atoms with Crippen molar-refractivity contribution in [1.82, 2.24) is 0 Å². The maximum Gasteiger partial charge on any atom is 0.150 e. The monoisotopic (exact) mass is 516 g/mol. The molecule has 0 aromatic carbocycles. The van der Waals surface area contributed by atoms with Crippen LogP contribution in [0.3, 0.4) is 0 Å². The predicted molar refractivity (Wildman–Crippen MR) is 138 cm³/mol. The van der Waals surface area contributed by atoms with Gasteiger partial charge in [0.15, 0.2) is 0 Å². The summed E-state index contributed by atoms with van der Waals surface area (Å²) in [6, 6.07) is 0. The Morgan fingerprint density at radius 1 is 1.21 bits per heavy atom. The average molecular weight is 517 g/mol. The van der Waals surface area contributed by atoms with Gasteiger partial charge >= 0.3 is 0 Å². The van der Waals surface area contributed by atoms with Gasteiger partial charge in [0.05, 0.1) is 29.5 Å². The van der Waals surface area contributed by atoms with Crippen molar-refractivity contribution in [3.05, 3.63) is 0 Å². The van der Waals surface area contributed by atoms with Crippen LogP contribution in [0.4, 0.5) is 0 Å². The number of hydrogen-bond acceptors (Lipinski definition) is 6. The van der Waals surface area contributed by atoms with Gasteiger partial charge in [0.25, 0.3) is 0 Å². The standard InChI is InChI=1S/C26H45O6PS/c1-3-8-20(34(2,30)31)15-19(33)17-32-26-11-6-4-5-10-23(26)21(9-7-12-26)18-13-24(28)22(16-27)25(29)14-18/h16,18-24,28H,3-15,17,33H2,1-2H3. The molecule has 9 atom stereocenters.